The number of aliphatic hydroxyl groups is 1. The Morgan fingerprint density at radius 1 is 1.56 bits per heavy atom. The molecule has 2 aromatic heterocycles. The van der Waals surface area contributed by atoms with Gasteiger partial charge in [0, 0.05) is 12.7 Å². The molecule has 6 nitrogen and oxygen atoms in total. The molecular weight excluding hydrogens is 234 g/mol. The van der Waals surface area contributed by atoms with E-state index in [9.17, 15) is 9.90 Å². The highest BCUT2D eigenvalue weighted by molar-refractivity contribution is 5.92. The number of aromatic nitrogens is 2. The smallest absolute Gasteiger partial charge is 0.356 e. The predicted octanol–water partition coefficient (Wildman–Crippen LogP) is 1.22. The van der Waals surface area contributed by atoms with Crippen LogP contribution in [0.15, 0.2) is 24.4 Å². The van der Waals surface area contributed by atoms with Crippen molar-refractivity contribution < 1.29 is 15.0 Å². The number of nitrogens with one attached hydrogen (secondary N) is 1. The van der Waals surface area contributed by atoms with Gasteiger partial charge in [0.15, 0.2) is 11.5 Å². The highest BCUT2D eigenvalue weighted by Crippen LogP contribution is 2.17. The Hall–Kier alpha value is -2.08. The van der Waals surface area contributed by atoms with Crippen LogP contribution in [0, 0.1) is 0 Å². The fourth-order valence-electron chi connectivity index (χ4n) is 1.72. The molecule has 0 fully saturated rings. The van der Waals surface area contributed by atoms with Crippen molar-refractivity contribution in [3.05, 3.63) is 30.1 Å². The van der Waals surface area contributed by atoms with Gasteiger partial charge in [-0.1, -0.05) is 6.07 Å². The van der Waals surface area contributed by atoms with E-state index < -0.39 is 12.1 Å². The predicted molar refractivity (Wildman–Crippen MR) is 66.9 cm³/mol. The molecule has 0 aromatic carbocycles. The van der Waals surface area contributed by atoms with E-state index in [0.29, 0.717) is 24.4 Å². The third kappa shape index (κ3) is 2.43. The molecule has 0 spiro atoms. The van der Waals surface area contributed by atoms with Crippen LogP contribution in [-0.2, 0) is 0 Å². The van der Waals surface area contributed by atoms with Crippen LogP contribution in [0.2, 0.25) is 0 Å². The zero-order valence-electron chi connectivity index (χ0n) is 10.00. The summed E-state index contributed by atoms with van der Waals surface area (Å²) >= 11 is 0. The van der Waals surface area contributed by atoms with Crippen LogP contribution in [0.4, 0.5) is 5.82 Å². The van der Waals surface area contributed by atoms with Crippen molar-refractivity contribution in [2.75, 3.05) is 11.9 Å². The van der Waals surface area contributed by atoms with E-state index in [1.54, 1.807) is 31.3 Å². The van der Waals surface area contributed by atoms with Gasteiger partial charge < -0.3 is 15.5 Å². The highest BCUT2D eigenvalue weighted by Gasteiger charge is 2.17. The Morgan fingerprint density at radius 2 is 2.33 bits per heavy atom. The summed E-state index contributed by atoms with van der Waals surface area (Å²) in [6.07, 6.45) is 1.77. The number of imidazole rings is 1. The van der Waals surface area contributed by atoms with Gasteiger partial charge in [-0.3, -0.25) is 4.40 Å². The number of pyridine rings is 1. The Morgan fingerprint density at radius 3 is 3.00 bits per heavy atom. The zero-order valence-corrected chi connectivity index (χ0v) is 10.00. The summed E-state index contributed by atoms with van der Waals surface area (Å²) in [5.74, 6) is -0.706. The summed E-state index contributed by atoms with van der Waals surface area (Å²) in [4.78, 5) is 15.5. The average Bonchev–Trinajstić information content (AvgIpc) is 2.66. The van der Waals surface area contributed by atoms with E-state index in [2.05, 4.69) is 10.3 Å². The topological polar surface area (TPSA) is 86.9 Å². The maximum atomic E-state index is 11.2. The minimum absolute atomic E-state index is 0.108. The summed E-state index contributed by atoms with van der Waals surface area (Å²) < 4.78 is 1.52. The molecule has 0 radical (unpaired) electrons. The SMILES string of the molecule is CC(O)CCNc1nc2ccccn2c1C(=O)O. The quantitative estimate of drug-likeness (QED) is 0.741. The Balaban J connectivity index is 2.31. The van der Waals surface area contributed by atoms with E-state index in [-0.39, 0.29) is 5.69 Å². The van der Waals surface area contributed by atoms with Crippen molar-refractivity contribution in [1.29, 1.82) is 0 Å². The first kappa shape index (κ1) is 12.4. The number of carboxylic acid groups (broad SMARTS) is 1. The number of fused-ring (bicyclic) bond motifs is 1. The van der Waals surface area contributed by atoms with Crippen molar-refractivity contribution in [2.45, 2.75) is 19.4 Å². The van der Waals surface area contributed by atoms with E-state index in [1.165, 1.54) is 4.40 Å². The van der Waals surface area contributed by atoms with E-state index >= 15 is 0 Å². The maximum Gasteiger partial charge on any atom is 0.356 e. The zero-order chi connectivity index (χ0) is 13.1. The Labute approximate surface area is 104 Å². The van der Waals surface area contributed by atoms with Crippen LogP contribution in [0.1, 0.15) is 23.8 Å². The van der Waals surface area contributed by atoms with Crippen molar-refractivity contribution in [3.63, 3.8) is 0 Å². The summed E-state index contributed by atoms with van der Waals surface area (Å²) in [6, 6.07) is 5.29. The number of rotatable bonds is 5. The maximum absolute atomic E-state index is 11.2. The lowest BCUT2D eigenvalue weighted by molar-refractivity contribution is 0.0690. The molecule has 0 amide bonds. The number of hydrogen-bond donors (Lipinski definition) is 3. The van der Waals surface area contributed by atoms with Gasteiger partial charge in [0.1, 0.15) is 5.65 Å². The van der Waals surface area contributed by atoms with E-state index in [0.717, 1.165) is 0 Å². The van der Waals surface area contributed by atoms with E-state index in [1.807, 2.05) is 0 Å². The number of carboxylic acids is 1. The summed E-state index contributed by atoms with van der Waals surface area (Å²) in [5, 5.41) is 21.3. The van der Waals surface area contributed by atoms with Crippen LogP contribution in [0.5, 0.6) is 0 Å². The van der Waals surface area contributed by atoms with Crippen LogP contribution in [0.3, 0.4) is 0 Å². The van der Waals surface area contributed by atoms with Crippen molar-refractivity contribution in [2.24, 2.45) is 0 Å². The monoisotopic (exact) mass is 249 g/mol. The van der Waals surface area contributed by atoms with Gasteiger partial charge >= 0.3 is 5.97 Å². The van der Waals surface area contributed by atoms with Gasteiger partial charge in [-0.15, -0.1) is 0 Å². The van der Waals surface area contributed by atoms with E-state index in [4.69, 9.17) is 5.11 Å². The molecule has 0 saturated carbocycles. The largest absolute Gasteiger partial charge is 0.476 e. The summed E-state index contributed by atoms with van der Waals surface area (Å²) in [6.45, 7) is 2.16. The highest BCUT2D eigenvalue weighted by atomic mass is 16.4. The second kappa shape index (κ2) is 5.05. The minimum Gasteiger partial charge on any atom is -0.476 e. The molecule has 96 valence electrons. The molecule has 0 saturated heterocycles. The Kier molecular flexibility index (Phi) is 3.47. The second-order valence-corrected chi connectivity index (χ2v) is 4.11. The lowest BCUT2D eigenvalue weighted by Crippen LogP contribution is -2.12. The lowest BCUT2D eigenvalue weighted by Gasteiger charge is -2.06. The van der Waals surface area contributed by atoms with Crippen molar-refractivity contribution in [3.8, 4) is 0 Å². The van der Waals surface area contributed by atoms with Gasteiger partial charge in [0.25, 0.3) is 0 Å². The molecular formula is C12H15N3O3. The number of carbonyl (C=O) groups is 1. The fourth-order valence-corrected chi connectivity index (χ4v) is 1.72. The molecule has 0 aliphatic rings. The summed E-state index contributed by atoms with van der Waals surface area (Å²) in [7, 11) is 0. The molecule has 2 rings (SSSR count). The number of anilines is 1. The second-order valence-electron chi connectivity index (χ2n) is 4.11. The number of aromatic carboxylic acids is 1. The molecule has 0 bridgehead atoms. The standard InChI is InChI=1S/C12H15N3O3/c1-8(16)5-6-13-11-10(12(17)18)15-7-3-2-4-9(15)14-11/h2-4,7-8,13,16H,5-6H2,1H3,(H,17,18). The third-order valence-electron chi connectivity index (χ3n) is 2.59. The first-order chi connectivity index (χ1) is 8.59. The van der Waals surface area contributed by atoms with Crippen LogP contribution < -0.4 is 5.32 Å². The fraction of sp³-hybridized carbons (Fsp3) is 0.333. The lowest BCUT2D eigenvalue weighted by atomic mass is 10.3. The van der Waals surface area contributed by atoms with Gasteiger partial charge in [0.05, 0.1) is 6.10 Å². The normalized spacial score (nSPS) is 12.6. The van der Waals surface area contributed by atoms with Crippen LogP contribution in [0.25, 0.3) is 5.65 Å². The van der Waals surface area contributed by atoms with Crippen LogP contribution >= 0.6 is 0 Å². The van der Waals surface area contributed by atoms with Crippen LogP contribution in [-0.4, -0.2) is 38.2 Å². The third-order valence-corrected chi connectivity index (χ3v) is 2.59. The molecule has 18 heavy (non-hydrogen) atoms. The number of nitrogens with zero attached hydrogens (tertiary/aromatic N) is 2. The molecule has 1 atom stereocenters. The molecule has 0 aliphatic carbocycles. The van der Waals surface area contributed by atoms with Gasteiger partial charge in [-0.2, -0.15) is 0 Å². The van der Waals surface area contributed by atoms with Crippen molar-refractivity contribution in [1.82, 2.24) is 9.38 Å². The molecule has 1 unspecified atom stereocenters. The number of hydrogen-bond acceptors (Lipinski definition) is 4. The van der Waals surface area contributed by atoms with Gasteiger partial charge in [-0.25, -0.2) is 9.78 Å². The van der Waals surface area contributed by atoms with Crippen molar-refractivity contribution >= 4 is 17.4 Å². The molecule has 0 aliphatic heterocycles. The molecule has 3 N–H and O–H groups in total. The number of aliphatic hydroxyl groups excluding tert-OH is 1. The van der Waals surface area contributed by atoms with Gasteiger partial charge in [0.2, 0.25) is 0 Å². The molecule has 2 heterocycles. The minimum atomic E-state index is -1.03. The first-order valence-electron chi connectivity index (χ1n) is 5.72. The Bertz CT molecular complexity index is 563. The summed E-state index contributed by atoms with van der Waals surface area (Å²) in [5.41, 5.74) is 0.686. The average molecular weight is 249 g/mol. The van der Waals surface area contributed by atoms with Gasteiger partial charge in [-0.05, 0) is 25.5 Å². The molecule has 6 heteroatoms. The first-order valence-corrected chi connectivity index (χ1v) is 5.72. The molecule has 2 aromatic rings.